The second kappa shape index (κ2) is 15.6. The van der Waals surface area contributed by atoms with Gasteiger partial charge in [0.1, 0.15) is 35.1 Å². The van der Waals surface area contributed by atoms with Crippen LogP contribution in [0.2, 0.25) is 5.02 Å². The minimum atomic E-state index is -1.38. The Morgan fingerprint density at radius 1 is 1.06 bits per heavy atom. The zero-order chi connectivity index (χ0) is 37.9. The van der Waals surface area contributed by atoms with Crippen molar-refractivity contribution in [2.45, 2.75) is 108 Å². The Labute approximate surface area is 312 Å². The van der Waals surface area contributed by atoms with Gasteiger partial charge < -0.3 is 29.8 Å². The number of hydrogen-bond donors (Lipinski definition) is 3. The molecule has 4 aliphatic rings. The van der Waals surface area contributed by atoms with Crippen molar-refractivity contribution in [3.63, 3.8) is 0 Å². The van der Waals surface area contributed by atoms with Gasteiger partial charge in [-0.1, -0.05) is 54.8 Å². The highest BCUT2D eigenvalue weighted by atomic mass is 35.5. The number of alkyl carbamates (subject to hydrolysis) is 1. The summed E-state index contributed by atoms with van der Waals surface area (Å²) in [4.78, 5) is 76.8. The molecule has 5 amide bonds. The zero-order valence-corrected chi connectivity index (χ0v) is 30.7. The van der Waals surface area contributed by atoms with E-state index >= 15 is 0 Å². The first-order valence-electron chi connectivity index (χ1n) is 18.0. The van der Waals surface area contributed by atoms with Crippen molar-refractivity contribution in [1.29, 1.82) is 0 Å². The molecule has 1 aliphatic carbocycles. The summed E-state index contributed by atoms with van der Waals surface area (Å²) in [5.41, 5.74) is 1.32. The molecule has 13 nitrogen and oxygen atoms in total. The van der Waals surface area contributed by atoms with Gasteiger partial charge >= 0.3 is 12.2 Å². The minimum absolute atomic E-state index is 0.0196. The van der Waals surface area contributed by atoms with Gasteiger partial charge in [0.25, 0.3) is 5.91 Å². The van der Waals surface area contributed by atoms with Crippen LogP contribution in [0.3, 0.4) is 0 Å². The van der Waals surface area contributed by atoms with Gasteiger partial charge in [-0.25, -0.2) is 14.0 Å². The molecule has 3 N–H and O–H groups in total. The van der Waals surface area contributed by atoms with Crippen LogP contribution < -0.4 is 21.0 Å². The van der Waals surface area contributed by atoms with E-state index in [4.69, 9.17) is 25.9 Å². The van der Waals surface area contributed by atoms with Gasteiger partial charge in [-0.15, -0.1) is 0 Å². The largest absolute Gasteiger partial charge is 0.444 e. The Kier molecular flexibility index (Phi) is 11.2. The van der Waals surface area contributed by atoms with E-state index < -0.39 is 65.1 Å². The monoisotopic (exact) mass is 753 g/mol. The van der Waals surface area contributed by atoms with E-state index in [1.807, 2.05) is 12.2 Å². The molecule has 0 aromatic heterocycles. The van der Waals surface area contributed by atoms with Gasteiger partial charge in [0, 0.05) is 35.5 Å². The van der Waals surface area contributed by atoms with E-state index in [1.165, 1.54) is 21.9 Å². The minimum Gasteiger partial charge on any atom is -0.444 e. The maximum atomic E-state index is 14.4. The highest BCUT2D eigenvalue weighted by molar-refractivity contribution is 6.30. The fraction of sp³-hybridized carbons (Fsp3) is 0.500. The van der Waals surface area contributed by atoms with Crippen molar-refractivity contribution in [3.8, 4) is 5.75 Å². The number of halogens is 2. The van der Waals surface area contributed by atoms with Gasteiger partial charge in [-0.2, -0.15) is 5.48 Å². The molecular weight excluding hydrogens is 709 g/mol. The first-order chi connectivity index (χ1) is 25.2. The third kappa shape index (κ3) is 9.03. The summed E-state index contributed by atoms with van der Waals surface area (Å²) in [6.45, 7) is 5.15. The van der Waals surface area contributed by atoms with Gasteiger partial charge in [-0.3, -0.25) is 19.3 Å². The first-order valence-corrected chi connectivity index (χ1v) is 18.3. The predicted molar refractivity (Wildman–Crippen MR) is 191 cm³/mol. The number of rotatable bonds is 5. The molecule has 3 aliphatic heterocycles. The first kappa shape index (κ1) is 37.9. The maximum Gasteiger partial charge on any atom is 0.410 e. The van der Waals surface area contributed by atoms with E-state index in [0.29, 0.717) is 28.3 Å². The number of carbonyl (C=O) groups excluding carboxylic acids is 5. The van der Waals surface area contributed by atoms with Crippen LogP contribution in [0.4, 0.5) is 14.0 Å². The number of ether oxygens (including phenoxy) is 2. The number of hydroxylamine groups is 1. The second-order valence-corrected chi connectivity index (χ2v) is 15.4. The smallest absolute Gasteiger partial charge is 0.410 e. The topological polar surface area (TPSA) is 156 Å². The van der Waals surface area contributed by atoms with Crippen LogP contribution in [0.25, 0.3) is 0 Å². The molecule has 53 heavy (non-hydrogen) atoms. The molecule has 6 rings (SSSR count). The summed E-state index contributed by atoms with van der Waals surface area (Å²) in [5.74, 6) is -2.24. The Bertz CT molecular complexity index is 1780. The van der Waals surface area contributed by atoms with Crippen LogP contribution >= 0.6 is 11.6 Å². The predicted octanol–water partition coefficient (Wildman–Crippen LogP) is 5.30. The van der Waals surface area contributed by atoms with E-state index in [0.717, 1.165) is 19.3 Å². The molecule has 0 unspecified atom stereocenters. The fourth-order valence-electron chi connectivity index (χ4n) is 7.07. The summed E-state index contributed by atoms with van der Waals surface area (Å²) in [5, 5.41) is 6.01. The van der Waals surface area contributed by atoms with Crippen LogP contribution in [0, 0.1) is 11.7 Å². The van der Waals surface area contributed by atoms with E-state index in [1.54, 1.807) is 51.1 Å². The van der Waals surface area contributed by atoms with Crippen molar-refractivity contribution in [2.24, 2.45) is 5.92 Å². The van der Waals surface area contributed by atoms with Crippen molar-refractivity contribution >= 4 is 41.5 Å². The van der Waals surface area contributed by atoms with Crippen molar-refractivity contribution in [2.75, 3.05) is 6.54 Å². The van der Waals surface area contributed by atoms with Crippen LogP contribution in [0.5, 0.6) is 5.75 Å². The van der Waals surface area contributed by atoms with Gasteiger partial charge in [0.2, 0.25) is 11.8 Å². The fourth-order valence-corrected chi connectivity index (χ4v) is 7.25. The van der Waals surface area contributed by atoms with Crippen molar-refractivity contribution < 1.29 is 42.7 Å². The summed E-state index contributed by atoms with van der Waals surface area (Å²) in [7, 11) is 0. The number of allylic oxidation sites excluding steroid dienone is 1. The molecule has 5 atom stereocenters. The molecule has 2 aromatic carbocycles. The number of nitrogens with zero attached hydrogens (tertiary/aromatic N) is 2. The molecule has 0 radical (unpaired) electrons. The summed E-state index contributed by atoms with van der Waals surface area (Å²) in [6.07, 6.45) is 4.85. The summed E-state index contributed by atoms with van der Waals surface area (Å²) in [6, 6.07) is 8.92. The Morgan fingerprint density at radius 3 is 2.60 bits per heavy atom. The van der Waals surface area contributed by atoms with Crippen LogP contribution in [-0.4, -0.2) is 75.6 Å². The average molecular weight is 754 g/mol. The molecule has 2 fully saturated rings. The molecule has 0 spiro atoms. The van der Waals surface area contributed by atoms with Gasteiger partial charge in [0.15, 0.2) is 5.75 Å². The molecule has 0 bridgehead atoms. The zero-order valence-electron chi connectivity index (χ0n) is 30.0. The van der Waals surface area contributed by atoms with Gasteiger partial charge in [0.05, 0.1) is 13.1 Å². The average Bonchev–Trinajstić information content (AvgIpc) is 3.39. The molecule has 284 valence electrons. The highest BCUT2D eigenvalue weighted by Gasteiger charge is 2.61. The standard InChI is InChI=1S/C38H45ClFN5O8/c1-37(2,3)52-35(49)41-30-16-8-6-4-5-7-12-24-19-38(24,34(48)43-53-26-14-10-13-25(39)17-26)42-32(46)31-18-27(21-45(31)33(30)47)51-36(50)44-20-23-11-9-15-29(40)28(23)22-44/h7,9-15,17,24,27,30-31H,4-6,8,16,18-22H2,1-3H3,(H,41,49)(H,42,46)(H,43,48)/b12-7-/t24-,27+,30-,31-,38+/m0/s1. The highest BCUT2D eigenvalue weighted by Crippen LogP contribution is 2.45. The summed E-state index contributed by atoms with van der Waals surface area (Å²) < 4.78 is 25.7. The molecule has 1 saturated heterocycles. The van der Waals surface area contributed by atoms with Crippen molar-refractivity contribution in [1.82, 2.24) is 25.9 Å². The van der Waals surface area contributed by atoms with E-state index in [-0.39, 0.29) is 44.8 Å². The molecule has 2 aromatic rings. The lowest BCUT2D eigenvalue weighted by Gasteiger charge is -2.30. The summed E-state index contributed by atoms with van der Waals surface area (Å²) >= 11 is 6.07. The Balaban J connectivity index is 1.24. The van der Waals surface area contributed by atoms with Crippen LogP contribution in [-0.2, 0) is 36.9 Å². The van der Waals surface area contributed by atoms with E-state index in [2.05, 4.69) is 16.1 Å². The molecule has 3 heterocycles. The molecule has 1 saturated carbocycles. The second-order valence-electron chi connectivity index (χ2n) is 15.0. The number of hydrogen-bond acceptors (Lipinski definition) is 8. The number of benzene rings is 2. The lowest BCUT2D eigenvalue weighted by Crippen LogP contribution is -2.58. The normalized spacial score (nSPS) is 26.4. The number of amides is 5. The Morgan fingerprint density at radius 2 is 1.85 bits per heavy atom. The molecular formula is C38H45ClFN5O8. The Hall–Kier alpha value is -4.85. The maximum absolute atomic E-state index is 14.4. The third-order valence-corrected chi connectivity index (χ3v) is 10.1. The number of carbonyl (C=O) groups is 5. The lowest BCUT2D eigenvalue weighted by molar-refractivity contribution is -0.142. The van der Waals surface area contributed by atoms with Crippen LogP contribution in [0.1, 0.15) is 76.8 Å². The van der Waals surface area contributed by atoms with Crippen LogP contribution in [0.15, 0.2) is 54.6 Å². The van der Waals surface area contributed by atoms with Crippen molar-refractivity contribution in [3.05, 3.63) is 76.6 Å². The molecule has 15 heteroatoms. The quantitative estimate of drug-likeness (QED) is 0.275. The third-order valence-electron chi connectivity index (χ3n) is 9.85. The lowest BCUT2D eigenvalue weighted by atomic mass is 10.0. The van der Waals surface area contributed by atoms with Gasteiger partial charge in [-0.05, 0) is 70.2 Å². The number of nitrogens with one attached hydrogen (secondary N) is 3. The SMILES string of the molecule is CC(C)(C)OC(=O)N[C@H]1CCCCC/C=C\[C@H]2C[C@@]2(C(=O)NOc2cccc(Cl)c2)NC(=O)[C@@H]2C[C@@H](OC(=O)N3Cc4cccc(F)c4C3)CN2C1=O. The van der Waals surface area contributed by atoms with E-state index in [9.17, 15) is 28.4 Å². The number of fused-ring (bicyclic) bond motifs is 3.